The third-order valence-electron chi connectivity index (χ3n) is 5.58. The number of hydrogen-bond donors (Lipinski definition) is 1. The number of halogens is 1. The van der Waals surface area contributed by atoms with Crippen LogP contribution in [-0.2, 0) is 26.2 Å². The van der Waals surface area contributed by atoms with Gasteiger partial charge in [0, 0.05) is 18.1 Å². The molecule has 0 aromatic heterocycles. The van der Waals surface area contributed by atoms with Crippen molar-refractivity contribution in [2.24, 2.45) is 0 Å². The summed E-state index contributed by atoms with van der Waals surface area (Å²) in [4.78, 5) is 27.8. The van der Waals surface area contributed by atoms with Gasteiger partial charge in [0.25, 0.3) is 0 Å². The molecule has 1 N–H and O–H groups in total. The Labute approximate surface area is 213 Å². The Morgan fingerprint density at radius 3 is 2.46 bits per heavy atom. The maximum absolute atomic E-state index is 13.6. The van der Waals surface area contributed by atoms with E-state index in [0.29, 0.717) is 22.9 Å². The second-order valence-electron chi connectivity index (χ2n) is 8.38. The molecule has 0 spiro atoms. The zero-order valence-electron chi connectivity index (χ0n) is 20.9. The van der Waals surface area contributed by atoms with Crippen LogP contribution in [0.15, 0.2) is 42.5 Å². The molecule has 10 heteroatoms. The fourth-order valence-corrected chi connectivity index (χ4v) is 4.56. The molecular weight excluding hydrogens is 490 g/mol. The van der Waals surface area contributed by atoms with Crippen LogP contribution in [0, 0.1) is 6.92 Å². The Morgan fingerprint density at radius 1 is 1.17 bits per heavy atom. The highest BCUT2D eigenvalue weighted by Gasteiger charge is 2.31. The highest BCUT2D eigenvalue weighted by atomic mass is 35.5. The number of nitrogens with one attached hydrogen (secondary N) is 1. The molecule has 2 aromatic carbocycles. The number of rotatable bonds is 12. The molecule has 2 aromatic rings. The number of sulfonamides is 1. The molecule has 35 heavy (non-hydrogen) atoms. The molecule has 0 saturated heterocycles. The van der Waals surface area contributed by atoms with Crippen molar-refractivity contribution in [3.63, 3.8) is 0 Å². The molecule has 0 aliphatic carbocycles. The predicted octanol–water partition coefficient (Wildman–Crippen LogP) is 3.76. The van der Waals surface area contributed by atoms with Gasteiger partial charge < -0.3 is 15.0 Å². The van der Waals surface area contributed by atoms with Gasteiger partial charge in [0.1, 0.15) is 18.3 Å². The van der Waals surface area contributed by atoms with Crippen molar-refractivity contribution in [2.75, 3.05) is 30.8 Å². The first-order chi connectivity index (χ1) is 16.5. The minimum absolute atomic E-state index is 0.0451. The Hall–Kier alpha value is -2.78. The van der Waals surface area contributed by atoms with E-state index in [1.807, 2.05) is 13.8 Å². The largest absolute Gasteiger partial charge is 0.495 e. The topological polar surface area (TPSA) is 96.0 Å². The first kappa shape index (κ1) is 28.5. The van der Waals surface area contributed by atoms with Gasteiger partial charge in [-0.15, -0.1) is 0 Å². The Morgan fingerprint density at radius 2 is 1.86 bits per heavy atom. The van der Waals surface area contributed by atoms with Gasteiger partial charge in [-0.3, -0.25) is 13.9 Å². The van der Waals surface area contributed by atoms with Gasteiger partial charge in [0.05, 0.1) is 19.1 Å². The highest BCUT2D eigenvalue weighted by molar-refractivity contribution is 7.92. The van der Waals surface area contributed by atoms with E-state index in [4.69, 9.17) is 16.3 Å². The van der Waals surface area contributed by atoms with Crippen molar-refractivity contribution < 1.29 is 22.7 Å². The number of carbonyl (C=O) groups excluding carboxylic acids is 2. The number of anilines is 1. The standard InChI is InChI=1S/C25H34ClN3O5S/c1-6-7-14-27-25(31)19(3)28(16-20-10-8-9-11-21(20)26)24(30)17-29(35(5,32)33)22-15-18(2)12-13-23(22)34-4/h8-13,15,19H,6-7,14,16-17H2,1-5H3,(H,27,31)/t19-/m0/s1. The molecule has 1 atom stereocenters. The highest BCUT2D eigenvalue weighted by Crippen LogP contribution is 2.31. The van der Waals surface area contributed by atoms with E-state index in [0.717, 1.165) is 29.0 Å². The number of benzene rings is 2. The first-order valence-electron chi connectivity index (χ1n) is 11.4. The van der Waals surface area contributed by atoms with E-state index in [1.54, 1.807) is 49.4 Å². The summed E-state index contributed by atoms with van der Waals surface area (Å²) in [6.07, 6.45) is 2.76. The van der Waals surface area contributed by atoms with Crippen molar-refractivity contribution in [1.29, 1.82) is 0 Å². The Kier molecular flexibility index (Phi) is 10.4. The minimum Gasteiger partial charge on any atom is -0.495 e. The van der Waals surface area contributed by atoms with Crippen LogP contribution < -0.4 is 14.4 Å². The number of methoxy groups -OCH3 is 1. The number of amides is 2. The average molecular weight is 524 g/mol. The summed E-state index contributed by atoms with van der Waals surface area (Å²) in [5.74, 6) is -0.549. The maximum atomic E-state index is 13.6. The summed E-state index contributed by atoms with van der Waals surface area (Å²) in [5.41, 5.74) is 1.70. The fraction of sp³-hybridized carbons (Fsp3) is 0.440. The van der Waals surface area contributed by atoms with Crippen LogP contribution in [0.2, 0.25) is 5.02 Å². The first-order valence-corrected chi connectivity index (χ1v) is 13.6. The summed E-state index contributed by atoms with van der Waals surface area (Å²) in [6.45, 7) is 5.48. The lowest BCUT2D eigenvalue weighted by molar-refractivity contribution is -0.139. The third-order valence-corrected chi connectivity index (χ3v) is 7.07. The van der Waals surface area contributed by atoms with Crippen LogP contribution in [0.25, 0.3) is 0 Å². The molecule has 0 bridgehead atoms. The molecule has 0 aliphatic rings. The van der Waals surface area contributed by atoms with E-state index < -0.39 is 28.5 Å². The van der Waals surface area contributed by atoms with Gasteiger partial charge in [-0.2, -0.15) is 0 Å². The van der Waals surface area contributed by atoms with Gasteiger partial charge in [-0.05, 0) is 49.6 Å². The van der Waals surface area contributed by atoms with E-state index in [-0.39, 0.29) is 18.1 Å². The molecule has 0 aliphatic heterocycles. The smallest absolute Gasteiger partial charge is 0.244 e. The molecule has 0 saturated carbocycles. The number of nitrogens with zero attached hydrogens (tertiary/aromatic N) is 2. The number of carbonyl (C=O) groups is 2. The average Bonchev–Trinajstić information content (AvgIpc) is 2.80. The Balaban J connectivity index is 2.43. The van der Waals surface area contributed by atoms with Crippen molar-refractivity contribution in [1.82, 2.24) is 10.2 Å². The monoisotopic (exact) mass is 523 g/mol. The summed E-state index contributed by atoms with van der Waals surface area (Å²) in [7, 11) is -2.43. The van der Waals surface area contributed by atoms with E-state index in [1.165, 1.54) is 12.0 Å². The minimum atomic E-state index is -3.86. The lowest BCUT2D eigenvalue weighted by atomic mass is 10.1. The van der Waals surface area contributed by atoms with Crippen molar-refractivity contribution in [3.8, 4) is 5.75 Å². The number of aryl methyl sites for hydroxylation is 1. The predicted molar refractivity (Wildman–Crippen MR) is 139 cm³/mol. The fourth-order valence-electron chi connectivity index (χ4n) is 3.52. The lowest BCUT2D eigenvalue weighted by Gasteiger charge is -2.32. The molecule has 2 amide bonds. The van der Waals surface area contributed by atoms with Crippen LogP contribution in [0.5, 0.6) is 5.75 Å². The molecule has 0 fully saturated rings. The van der Waals surface area contributed by atoms with Crippen LogP contribution in [0.1, 0.15) is 37.8 Å². The molecule has 192 valence electrons. The quantitative estimate of drug-likeness (QED) is 0.427. The summed E-state index contributed by atoms with van der Waals surface area (Å²) < 4.78 is 31.9. The lowest BCUT2D eigenvalue weighted by Crippen LogP contribution is -2.51. The zero-order chi connectivity index (χ0) is 26.2. The van der Waals surface area contributed by atoms with Gasteiger partial charge in [0.15, 0.2) is 0 Å². The summed E-state index contributed by atoms with van der Waals surface area (Å²) in [6, 6.07) is 11.3. The van der Waals surface area contributed by atoms with E-state index >= 15 is 0 Å². The van der Waals surface area contributed by atoms with Crippen molar-refractivity contribution in [3.05, 3.63) is 58.6 Å². The summed E-state index contributed by atoms with van der Waals surface area (Å²) in [5, 5.41) is 3.29. The van der Waals surface area contributed by atoms with Gasteiger partial charge in [0.2, 0.25) is 21.8 Å². The second-order valence-corrected chi connectivity index (χ2v) is 10.7. The SMILES string of the molecule is CCCCNC(=O)[C@H](C)N(Cc1ccccc1Cl)C(=O)CN(c1cc(C)ccc1OC)S(C)(=O)=O. The van der Waals surface area contributed by atoms with Crippen LogP contribution >= 0.6 is 11.6 Å². The zero-order valence-corrected chi connectivity index (χ0v) is 22.4. The normalized spacial score (nSPS) is 12.1. The van der Waals surface area contributed by atoms with Crippen molar-refractivity contribution in [2.45, 2.75) is 46.2 Å². The molecule has 0 unspecified atom stereocenters. The van der Waals surface area contributed by atoms with Crippen LogP contribution in [0.3, 0.4) is 0 Å². The van der Waals surface area contributed by atoms with Crippen molar-refractivity contribution >= 4 is 39.1 Å². The molecule has 0 heterocycles. The van der Waals surface area contributed by atoms with Gasteiger partial charge >= 0.3 is 0 Å². The maximum Gasteiger partial charge on any atom is 0.244 e. The molecule has 2 rings (SSSR count). The van der Waals surface area contributed by atoms with Crippen LogP contribution in [-0.4, -0.2) is 57.6 Å². The number of unbranched alkanes of at least 4 members (excludes halogenated alkanes) is 1. The summed E-state index contributed by atoms with van der Waals surface area (Å²) >= 11 is 6.33. The van der Waals surface area contributed by atoms with Gasteiger partial charge in [-0.25, -0.2) is 8.42 Å². The second kappa shape index (κ2) is 12.8. The molecule has 0 radical (unpaired) electrons. The van der Waals surface area contributed by atoms with E-state index in [2.05, 4.69) is 5.32 Å². The molecular formula is C25H34ClN3O5S. The third kappa shape index (κ3) is 7.86. The number of ether oxygens (including phenoxy) is 1. The number of hydrogen-bond acceptors (Lipinski definition) is 5. The molecule has 8 nitrogen and oxygen atoms in total. The van der Waals surface area contributed by atoms with E-state index in [9.17, 15) is 18.0 Å². The Bertz CT molecular complexity index is 1140. The van der Waals surface area contributed by atoms with Crippen LogP contribution in [0.4, 0.5) is 5.69 Å². The van der Waals surface area contributed by atoms with Gasteiger partial charge in [-0.1, -0.05) is 49.2 Å².